The van der Waals surface area contributed by atoms with Gasteiger partial charge in [0.1, 0.15) is 18.5 Å². The highest BCUT2D eigenvalue weighted by molar-refractivity contribution is 5.98. The Morgan fingerprint density at radius 1 is 0.935 bits per heavy atom. The molecule has 0 aliphatic carbocycles. The first-order valence-electron chi connectivity index (χ1n) is 9.37. The molecular weight excluding hydrogens is 399 g/mol. The first-order chi connectivity index (χ1) is 15.1. The molecule has 0 bridgehead atoms. The molecular formula is C23H17FN4O3. The van der Waals surface area contributed by atoms with Crippen LogP contribution in [0, 0.1) is 5.82 Å². The average Bonchev–Trinajstić information content (AvgIpc) is 3.34. The maximum atomic E-state index is 13.1. The number of aromatic nitrogens is 3. The van der Waals surface area contributed by atoms with Gasteiger partial charge < -0.3 is 10.1 Å². The molecule has 3 aromatic carbocycles. The summed E-state index contributed by atoms with van der Waals surface area (Å²) in [5.74, 6) is -1.63. The quantitative estimate of drug-likeness (QED) is 0.481. The second-order valence-corrected chi connectivity index (χ2v) is 6.58. The van der Waals surface area contributed by atoms with Gasteiger partial charge in [0.15, 0.2) is 0 Å². The minimum Gasteiger partial charge on any atom is -0.444 e. The molecule has 4 rings (SSSR count). The van der Waals surface area contributed by atoms with Gasteiger partial charge in [0.25, 0.3) is 5.91 Å². The lowest BCUT2D eigenvalue weighted by Gasteiger charge is -2.18. The van der Waals surface area contributed by atoms with Gasteiger partial charge >= 0.3 is 5.97 Å². The lowest BCUT2D eigenvalue weighted by atomic mass is 10.1. The SMILES string of the molecule is O=C(O[C@@H](C(=O)Nc1ccc(F)cc1)c1ccccc1)c1ccc(-n2cncn2)cc1. The van der Waals surface area contributed by atoms with Crippen molar-refractivity contribution in [1.82, 2.24) is 14.8 Å². The molecule has 0 aliphatic heterocycles. The monoisotopic (exact) mass is 416 g/mol. The van der Waals surface area contributed by atoms with Crippen molar-refractivity contribution in [2.24, 2.45) is 0 Å². The maximum Gasteiger partial charge on any atom is 0.339 e. The van der Waals surface area contributed by atoms with Crippen molar-refractivity contribution in [2.75, 3.05) is 5.32 Å². The number of nitrogens with zero attached hydrogens (tertiary/aromatic N) is 3. The Balaban J connectivity index is 1.53. The Labute approximate surface area is 177 Å². The van der Waals surface area contributed by atoms with Crippen LogP contribution in [0.15, 0.2) is 91.5 Å². The molecule has 0 fully saturated rings. The van der Waals surface area contributed by atoms with E-state index >= 15 is 0 Å². The Kier molecular flexibility index (Phi) is 5.79. The van der Waals surface area contributed by atoms with Gasteiger partial charge in [0, 0.05) is 11.3 Å². The van der Waals surface area contributed by atoms with E-state index in [-0.39, 0.29) is 5.56 Å². The van der Waals surface area contributed by atoms with Crippen molar-refractivity contribution in [2.45, 2.75) is 6.10 Å². The molecule has 0 unspecified atom stereocenters. The summed E-state index contributed by atoms with van der Waals surface area (Å²) < 4.78 is 20.2. The number of esters is 1. The summed E-state index contributed by atoms with van der Waals surface area (Å²) in [5.41, 5.74) is 1.90. The van der Waals surface area contributed by atoms with E-state index in [9.17, 15) is 14.0 Å². The summed E-state index contributed by atoms with van der Waals surface area (Å²) in [6.45, 7) is 0. The van der Waals surface area contributed by atoms with Crippen molar-refractivity contribution < 1.29 is 18.7 Å². The summed E-state index contributed by atoms with van der Waals surface area (Å²) in [4.78, 5) is 29.5. The fourth-order valence-corrected chi connectivity index (χ4v) is 2.91. The molecule has 0 aliphatic rings. The number of anilines is 1. The maximum absolute atomic E-state index is 13.1. The molecule has 31 heavy (non-hydrogen) atoms. The zero-order chi connectivity index (χ0) is 21.6. The smallest absolute Gasteiger partial charge is 0.339 e. The first kappa shape index (κ1) is 20.0. The van der Waals surface area contributed by atoms with E-state index in [1.165, 1.54) is 30.6 Å². The molecule has 8 heteroatoms. The van der Waals surface area contributed by atoms with Gasteiger partial charge in [-0.2, -0.15) is 5.10 Å². The van der Waals surface area contributed by atoms with Crippen LogP contribution in [-0.4, -0.2) is 26.6 Å². The van der Waals surface area contributed by atoms with E-state index in [0.29, 0.717) is 11.3 Å². The molecule has 1 atom stereocenters. The van der Waals surface area contributed by atoms with Crippen molar-refractivity contribution in [3.8, 4) is 5.69 Å². The van der Waals surface area contributed by atoms with Crippen LogP contribution < -0.4 is 5.32 Å². The summed E-state index contributed by atoms with van der Waals surface area (Å²) in [5, 5.41) is 6.68. The van der Waals surface area contributed by atoms with Crippen LogP contribution in [0.3, 0.4) is 0 Å². The predicted molar refractivity (Wildman–Crippen MR) is 111 cm³/mol. The molecule has 0 radical (unpaired) electrons. The molecule has 4 aromatic rings. The third-order valence-electron chi connectivity index (χ3n) is 4.46. The molecule has 1 N–H and O–H groups in total. The number of rotatable bonds is 6. The van der Waals surface area contributed by atoms with E-state index < -0.39 is 23.8 Å². The van der Waals surface area contributed by atoms with Gasteiger partial charge in [-0.25, -0.2) is 18.9 Å². The Morgan fingerprint density at radius 2 is 1.65 bits per heavy atom. The van der Waals surface area contributed by atoms with Crippen LogP contribution in [0.4, 0.5) is 10.1 Å². The van der Waals surface area contributed by atoms with Crippen molar-refractivity contribution >= 4 is 17.6 Å². The van der Waals surface area contributed by atoms with Crippen LogP contribution in [0.1, 0.15) is 22.0 Å². The summed E-state index contributed by atoms with van der Waals surface area (Å²) >= 11 is 0. The lowest BCUT2D eigenvalue weighted by molar-refractivity contribution is -0.125. The summed E-state index contributed by atoms with van der Waals surface area (Å²) in [7, 11) is 0. The molecule has 1 heterocycles. The van der Waals surface area contributed by atoms with Gasteiger partial charge in [-0.05, 0) is 48.5 Å². The van der Waals surface area contributed by atoms with E-state index in [4.69, 9.17) is 4.74 Å². The van der Waals surface area contributed by atoms with E-state index in [0.717, 1.165) is 5.69 Å². The number of nitrogens with one attached hydrogen (secondary N) is 1. The molecule has 0 saturated heterocycles. The Morgan fingerprint density at radius 3 is 2.29 bits per heavy atom. The number of hydrogen-bond donors (Lipinski definition) is 1. The number of amides is 1. The fourth-order valence-electron chi connectivity index (χ4n) is 2.91. The van der Waals surface area contributed by atoms with Gasteiger partial charge in [-0.15, -0.1) is 0 Å². The third-order valence-corrected chi connectivity index (χ3v) is 4.46. The predicted octanol–water partition coefficient (Wildman–Crippen LogP) is 3.94. The van der Waals surface area contributed by atoms with Gasteiger partial charge in [0.05, 0.1) is 11.3 Å². The number of carbonyl (C=O) groups excluding carboxylic acids is 2. The highest BCUT2D eigenvalue weighted by atomic mass is 19.1. The number of carbonyl (C=O) groups is 2. The van der Waals surface area contributed by atoms with Crippen LogP contribution in [0.2, 0.25) is 0 Å². The van der Waals surface area contributed by atoms with Gasteiger partial charge in [0.2, 0.25) is 6.10 Å². The summed E-state index contributed by atoms with van der Waals surface area (Å²) in [6.07, 6.45) is 1.76. The van der Waals surface area contributed by atoms with Crippen molar-refractivity contribution in [3.05, 3.63) is 108 Å². The number of halogens is 1. The molecule has 0 saturated carbocycles. The van der Waals surface area contributed by atoms with Crippen LogP contribution in [-0.2, 0) is 9.53 Å². The van der Waals surface area contributed by atoms with E-state index in [1.54, 1.807) is 65.6 Å². The minimum atomic E-state index is -1.19. The molecule has 1 amide bonds. The molecule has 0 spiro atoms. The van der Waals surface area contributed by atoms with Crippen LogP contribution in [0.5, 0.6) is 0 Å². The fraction of sp³-hybridized carbons (Fsp3) is 0.0435. The lowest BCUT2D eigenvalue weighted by Crippen LogP contribution is -2.26. The second kappa shape index (κ2) is 9.00. The minimum absolute atomic E-state index is 0.277. The molecule has 7 nitrogen and oxygen atoms in total. The Hall–Kier alpha value is -4.33. The largest absolute Gasteiger partial charge is 0.444 e. The van der Waals surface area contributed by atoms with Gasteiger partial charge in [-0.3, -0.25) is 4.79 Å². The molecule has 1 aromatic heterocycles. The third kappa shape index (κ3) is 4.81. The number of benzene rings is 3. The highest BCUT2D eigenvalue weighted by Gasteiger charge is 2.26. The number of hydrogen-bond acceptors (Lipinski definition) is 5. The topological polar surface area (TPSA) is 86.1 Å². The Bertz CT molecular complexity index is 1160. The zero-order valence-corrected chi connectivity index (χ0v) is 16.2. The zero-order valence-electron chi connectivity index (χ0n) is 16.2. The molecule has 154 valence electrons. The van der Waals surface area contributed by atoms with Crippen molar-refractivity contribution in [1.29, 1.82) is 0 Å². The van der Waals surface area contributed by atoms with E-state index in [2.05, 4.69) is 15.4 Å². The standard InChI is InChI=1S/C23H17FN4O3/c24-18-8-10-19(11-9-18)27-22(29)21(16-4-2-1-3-5-16)31-23(30)17-6-12-20(13-7-17)28-15-25-14-26-28/h1-15,21H,(H,27,29)/t21-/m1/s1. The average molecular weight is 416 g/mol. The normalized spacial score (nSPS) is 11.5. The first-order valence-corrected chi connectivity index (χ1v) is 9.37. The van der Waals surface area contributed by atoms with E-state index in [1.807, 2.05) is 0 Å². The van der Waals surface area contributed by atoms with Crippen LogP contribution in [0.25, 0.3) is 5.69 Å². The second-order valence-electron chi connectivity index (χ2n) is 6.58. The summed E-state index contributed by atoms with van der Waals surface area (Å²) in [6, 6.07) is 20.5. The highest BCUT2D eigenvalue weighted by Crippen LogP contribution is 2.22. The van der Waals surface area contributed by atoms with Crippen molar-refractivity contribution in [3.63, 3.8) is 0 Å². The van der Waals surface area contributed by atoms with Crippen LogP contribution >= 0.6 is 0 Å². The van der Waals surface area contributed by atoms with Gasteiger partial charge in [-0.1, -0.05) is 30.3 Å². The number of ether oxygens (including phenoxy) is 1.